The monoisotopic (exact) mass is 286 g/mol. The van der Waals surface area contributed by atoms with E-state index in [9.17, 15) is 9.90 Å². The van der Waals surface area contributed by atoms with Crippen molar-refractivity contribution < 1.29 is 9.90 Å². The van der Waals surface area contributed by atoms with E-state index >= 15 is 0 Å². The van der Waals surface area contributed by atoms with E-state index in [1.807, 2.05) is 12.1 Å². The standard InChI is InChI=1S/C17H22N2O2/c1-2-15-18-16-13(17(20)21)8-5-9-14(16)19(15)11-10-12-6-3-4-7-12/h5,8-9,12H,2-4,6-7,10-11H2,1H3,(H,20,21). The normalized spacial score (nSPS) is 15.9. The molecule has 4 heteroatoms. The number of aromatic carboxylic acids is 1. The van der Waals surface area contributed by atoms with Crippen LogP contribution in [0.25, 0.3) is 11.0 Å². The van der Waals surface area contributed by atoms with Crippen LogP contribution in [0.3, 0.4) is 0 Å². The van der Waals surface area contributed by atoms with Gasteiger partial charge in [0.15, 0.2) is 0 Å². The maximum absolute atomic E-state index is 11.3. The Kier molecular flexibility index (Phi) is 3.95. The summed E-state index contributed by atoms with van der Waals surface area (Å²) in [5, 5.41) is 9.31. The number of carbonyl (C=O) groups is 1. The van der Waals surface area contributed by atoms with Gasteiger partial charge in [-0.15, -0.1) is 0 Å². The van der Waals surface area contributed by atoms with Crippen LogP contribution in [0.1, 0.15) is 55.2 Å². The van der Waals surface area contributed by atoms with E-state index in [2.05, 4.69) is 16.5 Å². The highest BCUT2D eigenvalue weighted by Gasteiger charge is 2.18. The van der Waals surface area contributed by atoms with Gasteiger partial charge in [-0.2, -0.15) is 0 Å². The van der Waals surface area contributed by atoms with Crippen LogP contribution in [0.4, 0.5) is 0 Å². The molecule has 1 saturated carbocycles. The molecule has 1 aromatic carbocycles. The van der Waals surface area contributed by atoms with Crippen LogP contribution in [0.5, 0.6) is 0 Å². The van der Waals surface area contributed by atoms with Crippen LogP contribution in [0, 0.1) is 5.92 Å². The van der Waals surface area contributed by atoms with E-state index < -0.39 is 5.97 Å². The number of hydrogen-bond acceptors (Lipinski definition) is 2. The Hall–Kier alpha value is -1.84. The Morgan fingerprint density at radius 3 is 2.81 bits per heavy atom. The predicted octanol–water partition coefficient (Wildman–Crippen LogP) is 3.88. The minimum atomic E-state index is -0.899. The van der Waals surface area contributed by atoms with Crippen molar-refractivity contribution >= 4 is 17.0 Å². The van der Waals surface area contributed by atoms with E-state index in [4.69, 9.17) is 0 Å². The first-order valence-electron chi connectivity index (χ1n) is 7.92. The SMILES string of the molecule is CCc1nc2c(C(=O)O)cccc2n1CCC1CCCC1. The van der Waals surface area contributed by atoms with E-state index in [0.717, 1.165) is 30.2 Å². The van der Waals surface area contributed by atoms with E-state index in [-0.39, 0.29) is 0 Å². The van der Waals surface area contributed by atoms with Crippen LogP contribution < -0.4 is 0 Å². The predicted molar refractivity (Wildman–Crippen MR) is 82.6 cm³/mol. The summed E-state index contributed by atoms with van der Waals surface area (Å²) >= 11 is 0. The molecule has 0 saturated heterocycles. The van der Waals surface area contributed by atoms with Gasteiger partial charge in [-0.05, 0) is 24.5 Å². The molecule has 112 valence electrons. The highest BCUT2D eigenvalue weighted by Crippen LogP contribution is 2.29. The molecule has 0 spiro atoms. The van der Waals surface area contributed by atoms with Gasteiger partial charge in [0.2, 0.25) is 0 Å². The number of rotatable bonds is 5. The van der Waals surface area contributed by atoms with Crippen molar-refractivity contribution in [3.8, 4) is 0 Å². The number of aromatic nitrogens is 2. The number of imidazole rings is 1. The average molecular weight is 286 g/mol. The van der Waals surface area contributed by atoms with Crippen LogP contribution in [0.2, 0.25) is 0 Å². The molecule has 21 heavy (non-hydrogen) atoms. The summed E-state index contributed by atoms with van der Waals surface area (Å²) < 4.78 is 2.22. The molecule has 0 bridgehead atoms. The molecule has 1 heterocycles. The van der Waals surface area contributed by atoms with Crippen molar-refractivity contribution in [2.24, 2.45) is 5.92 Å². The quantitative estimate of drug-likeness (QED) is 0.907. The third-order valence-electron chi connectivity index (χ3n) is 4.64. The summed E-state index contributed by atoms with van der Waals surface area (Å²) in [5.74, 6) is 0.926. The molecule has 1 aliphatic carbocycles. The van der Waals surface area contributed by atoms with Crippen molar-refractivity contribution in [1.82, 2.24) is 9.55 Å². The zero-order chi connectivity index (χ0) is 14.8. The second kappa shape index (κ2) is 5.88. The molecule has 2 aromatic rings. The van der Waals surface area contributed by atoms with Gasteiger partial charge in [-0.3, -0.25) is 0 Å². The summed E-state index contributed by atoms with van der Waals surface area (Å²) in [6.07, 6.45) is 7.41. The Balaban J connectivity index is 1.95. The smallest absolute Gasteiger partial charge is 0.337 e. The first kappa shape index (κ1) is 14.1. The summed E-state index contributed by atoms with van der Waals surface area (Å²) in [7, 11) is 0. The van der Waals surface area contributed by atoms with Crippen molar-refractivity contribution in [3.63, 3.8) is 0 Å². The molecule has 1 aliphatic rings. The zero-order valence-electron chi connectivity index (χ0n) is 12.5. The molecular formula is C17H22N2O2. The number of carboxylic acid groups (broad SMARTS) is 1. The number of fused-ring (bicyclic) bond motifs is 1. The molecule has 0 unspecified atom stereocenters. The molecular weight excluding hydrogens is 264 g/mol. The highest BCUT2D eigenvalue weighted by molar-refractivity contribution is 6.01. The minimum absolute atomic E-state index is 0.307. The highest BCUT2D eigenvalue weighted by atomic mass is 16.4. The number of hydrogen-bond donors (Lipinski definition) is 1. The fourth-order valence-corrected chi connectivity index (χ4v) is 3.50. The van der Waals surface area contributed by atoms with Crippen molar-refractivity contribution in [2.45, 2.75) is 52.0 Å². The Morgan fingerprint density at radius 2 is 2.14 bits per heavy atom. The topological polar surface area (TPSA) is 55.1 Å². The first-order valence-corrected chi connectivity index (χ1v) is 7.92. The minimum Gasteiger partial charge on any atom is -0.478 e. The molecule has 0 amide bonds. The lowest BCUT2D eigenvalue weighted by atomic mass is 10.0. The maximum atomic E-state index is 11.3. The summed E-state index contributed by atoms with van der Waals surface area (Å²) in [6, 6.07) is 5.44. The number of nitrogens with zero attached hydrogens (tertiary/aromatic N) is 2. The molecule has 3 rings (SSSR count). The Bertz CT molecular complexity index is 654. The second-order valence-corrected chi connectivity index (χ2v) is 5.95. The number of benzene rings is 1. The van der Waals surface area contributed by atoms with Crippen LogP contribution in [0.15, 0.2) is 18.2 Å². The third kappa shape index (κ3) is 2.67. The summed E-state index contributed by atoms with van der Waals surface area (Å²) in [5.41, 5.74) is 1.90. The maximum Gasteiger partial charge on any atom is 0.337 e. The van der Waals surface area contributed by atoms with Crippen LogP contribution >= 0.6 is 0 Å². The average Bonchev–Trinajstić information content (AvgIpc) is 3.11. The fraction of sp³-hybridized carbons (Fsp3) is 0.529. The van der Waals surface area contributed by atoms with Gasteiger partial charge < -0.3 is 9.67 Å². The lowest BCUT2D eigenvalue weighted by Crippen LogP contribution is -2.07. The molecule has 0 atom stereocenters. The fourth-order valence-electron chi connectivity index (χ4n) is 3.50. The van der Waals surface area contributed by atoms with Crippen molar-refractivity contribution in [3.05, 3.63) is 29.6 Å². The summed E-state index contributed by atoms with van der Waals surface area (Å²) in [6.45, 7) is 3.03. The van der Waals surface area contributed by atoms with Crippen LogP contribution in [-0.2, 0) is 13.0 Å². The number of para-hydroxylation sites is 1. The van der Waals surface area contributed by atoms with Gasteiger partial charge in [0.1, 0.15) is 11.3 Å². The van der Waals surface area contributed by atoms with Gasteiger partial charge in [-0.1, -0.05) is 38.7 Å². The van der Waals surface area contributed by atoms with E-state index in [1.54, 1.807) is 6.07 Å². The first-order chi connectivity index (χ1) is 10.2. The molecule has 1 aromatic heterocycles. The molecule has 4 nitrogen and oxygen atoms in total. The number of carboxylic acids is 1. The largest absolute Gasteiger partial charge is 0.478 e. The van der Waals surface area contributed by atoms with Gasteiger partial charge in [-0.25, -0.2) is 9.78 Å². The Labute approximate surface area is 124 Å². The summed E-state index contributed by atoms with van der Waals surface area (Å²) in [4.78, 5) is 15.9. The van der Waals surface area contributed by atoms with E-state index in [0.29, 0.717) is 11.1 Å². The molecule has 1 N–H and O–H groups in total. The zero-order valence-corrected chi connectivity index (χ0v) is 12.5. The second-order valence-electron chi connectivity index (χ2n) is 5.95. The molecule has 0 aliphatic heterocycles. The van der Waals surface area contributed by atoms with Gasteiger partial charge in [0.25, 0.3) is 0 Å². The van der Waals surface area contributed by atoms with Gasteiger partial charge >= 0.3 is 5.97 Å². The lowest BCUT2D eigenvalue weighted by molar-refractivity contribution is 0.0699. The molecule has 1 fully saturated rings. The third-order valence-corrected chi connectivity index (χ3v) is 4.64. The number of aryl methyl sites for hydroxylation is 2. The van der Waals surface area contributed by atoms with E-state index in [1.165, 1.54) is 32.1 Å². The van der Waals surface area contributed by atoms with Crippen molar-refractivity contribution in [2.75, 3.05) is 0 Å². The molecule has 0 radical (unpaired) electrons. The van der Waals surface area contributed by atoms with Crippen molar-refractivity contribution in [1.29, 1.82) is 0 Å². The Morgan fingerprint density at radius 1 is 1.38 bits per heavy atom. The lowest BCUT2D eigenvalue weighted by Gasteiger charge is -2.12. The van der Waals surface area contributed by atoms with Gasteiger partial charge in [0.05, 0.1) is 11.1 Å². The van der Waals surface area contributed by atoms with Gasteiger partial charge in [0, 0.05) is 13.0 Å². The van der Waals surface area contributed by atoms with Crippen LogP contribution in [-0.4, -0.2) is 20.6 Å².